The van der Waals surface area contributed by atoms with Gasteiger partial charge >= 0.3 is 0 Å². The molecule has 0 N–H and O–H groups in total. The van der Waals surface area contributed by atoms with Gasteiger partial charge in [-0.3, -0.25) is 4.79 Å². The fourth-order valence-electron chi connectivity index (χ4n) is 4.58. The molecule has 2 unspecified atom stereocenters. The minimum Gasteiger partial charge on any atom is -0.480 e. The molecule has 144 valence electrons. The van der Waals surface area contributed by atoms with Crippen LogP contribution in [-0.2, 0) is 6.42 Å². The first-order valence-electron chi connectivity index (χ1n) is 9.95. The molecule has 0 spiro atoms. The zero-order valence-corrected chi connectivity index (χ0v) is 16.1. The van der Waals surface area contributed by atoms with Crippen molar-refractivity contribution >= 4 is 5.91 Å². The van der Waals surface area contributed by atoms with Crippen LogP contribution in [0.4, 0.5) is 0 Å². The monoisotopic (exact) mass is 369 g/mol. The molecule has 27 heavy (non-hydrogen) atoms. The summed E-state index contributed by atoms with van der Waals surface area (Å²) in [6.07, 6.45) is 8.77. The Labute approximate surface area is 159 Å². The summed E-state index contributed by atoms with van der Waals surface area (Å²) in [6, 6.07) is 3.55. The number of ether oxygens (including phenoxy) is 1. The molecule has 2 atom stereocenters. The maximum atomic E-state index is 13.2. The number of hydrogen-bond acceptors (Lipinski definition) is 5. The lowest BCUT2D eigenvalue weighted by Gasteiger charge is -2.41. The van der Waals surface area contributed by atoms with Crippen molar-refractivity contribution in [1.29, 1.82) is 0 Å². The number of amides is 1. The Morgan fingerprint density at radius 1 is 1.19 bits per heavy atom. The van der Waals surface area contributed by atoms with Crippen molar-refractivity contribution < 1.29 is 9.53 Å². The predicted molar refractivity (Wildman–Crippen MR) is 101 cm³/mol. The molecule has 0 aromatic carbocycles. The van der Waals surface area contributed by atoms with E-state index in [1.807, 2.05) is 11.8 Å². The van der Waals surface area contributed by atoms with E-state index in [1.54, 1.807) is 30.1 Å². The van der Waals surface area contributed by atoms with E-state index in [4.69, 9.17) is 4.74 Å². The lowest BCUT2D eigenvalue weighted by Crippen LogP contribution is -2.44. The van der Waals surface area contributed by atoms with Gasteiger partial charge < -0.3 is 9.64 Å². The number of rotatable bonds is 4. The molecule has 4 rings (SSSR count). The number of carbonyl (C=O) groups is 1. The normalized spacial score (nSPS) is 22.4. The van der Waals surface area contributed by atoms with Gasteiger partial charge in [-0.1, -0.05) is 26.2 Å². The zero-order valence-electron chi connectivity index (χ0n) is 16.1. The van der Waals surface area contributed by atoms with Crippen molar-refractivity contribution in [2.45, 2.75) is 45.4 Å². The van der Waals surface area contributed by atoms with Crippen molar-refractivity contribution in [1.82, 2.24) is 24.9 Å². The summed E-state index contributed by atoms with van der Waals surface area (Å²) < 4.78 is 6.78. The summed E-state index contributed by atoms with van der Waals surface area (Å²) in [7, 11) is 1.56. The summed E-state index contributed by atoms with van der Waals surface area (Å²) in [5.41, 5.74) is 1.56. The molecule has 1 saturated carbocycles. The average molecular weight is 369 g/mol. The Bertz CT molecular complexity index is 801. The molecule has 2 aliphatic rings. The van der Waals surface area contributed by atoms with E-state index in [0.29, 0.717) is 29.6 Å². The topological polar surface area (TPSA) is 73.1 Å². The second-order valence-electron chi connectivity index (χ2n) is 7.55. The summed E-state index contributed by atoms with van der Waals surface area (Å²) in [6.45, 7) is 3.78. The van der Waals surface area contributed by atoms with Gasteiger partial charge in [-0.05, 0) is 37.2 Å². The summed E-state index contributed by atoms with van der Waals surface area (Å²) in [5, 5.41) is 12.6. The Morgan fingerprint density at radius 3 is 2.70 bits per heavy atom. The number of likely N-dealkylation sites (tertiary alicyclic amines) is 1. The van der Waals surface area contributed by atoms with Gasteiger partial charge in [0.25, 0.3) is 5.91 Å². The zero-order chi connectivity index (χ0) is 18.8. The molecule has 1 aliphatic carbocycles. The van der Waals surface area contributed by atoms with Gasteiger partial charge in [-0.2, -0.15) is 5.10 Å². The second kappa shape index (κ2) is 7.66. The minimum atomic E-state index is 0.101. The molecular formula is C20H27N5O2. The first-order chi connectivity index (χ1) is 13.2. The van der Waals surface area contributed by atoms with E-state index < -0.39 is 0 Å². The maximum absolute atomic E-state index is 13.2. The molecule has 0 bridgehead atoms. The molecule has 7 nitrogen and oxygen atoms in total. The van der Waals surface area contributed by atoms with Crippen LogP contribution < -0.4 is 4.74 Å². The van der Waals surface area contributed by atoms with Gasteiger partial charge in [-0.15, -0.1) is 10.2 Å². The van der Waals surface area contributed by atoms with Gasteiger partial charge in [0.2, 0.25) is 5.88 Å². The minimum absolute atomic E-state index is 0.101. The summed E-state index contributed by atoms with van der Waals surface area (Å²) >= 11 is 0. The van der Waals surface area contributed by atoms with E-state index >= 15 is 0 Å². The van der Waals surface area contributed by atoms with Gasteiger partial charge in [0, 0.05) is 19.2 Å². The average Bonchev–Trinajstić information content (AvgIpc) is 3.17. The Morgan fingerprint density at radius 2 is 2.00 bits per heavy atom. The van der Waals surface area contributed by atoms with Crippen molar-refractivity contribution in [3.8, 4) is 11.7 Å². The Hall–Kier alpha value is -2.44. The van der Waals surface area contributed by atoms with Crippen LogP contribution in [0.5, 0.6) is 5.88 Å². The molecule has 3 heterocycles. The number of aromatic nitrogens is 4. The lowest BCUT2D eigenvalue weighted by molar-refractivity contribution is 0.0520. The first kappa shape index (κ1) is 17.9. The van der Waals surface area contributed by atoms with Crippen LogP contribution in [0.15, 0.2) is 18.3 Å². The van der Waals surface area contributed by atoms with Crippen LogP contribution in [0.1, 0.15) is 55.1 Å². The van der Waals surface area contributed by atoms with Crippen molar-refractivity contribution in [2.75, 3.05) is 20.2 Å². The van der Waals surface area contributed by atoms with Crippen LogP contribution in [0, 0.1) is 11.8 Å². The number of methoxy groups -OCH3 is 1. The van der Waals surface area contributed by atoms with Crippen LogP contribution in [0.2, 0.25) is 0 Å². The van der Waals surface area contributed by atoms with Crippen LogP contribution in [0.25, 0.3) is 5.82 Å². The van der Waals surface area contributed by atoms with Crippen LogP contribution in [0.3, 0.4) is 0 Å². The third kappa shape index (κ3) is 3.42. The molecule has 2 fully saturated rings. The molecule has 7 heteroatoms. The van der Waals surface area contributed by atoms with E-state index in [9.17, 15) is 4.79 Å². The highest BCUT2D eigenvalue weighted by atomic mass is 16.5. The standard InChI is InChI=1S/C20H27N5O2/c1-3-17-16(12-21-25(17)18-8-9-19(27-2)23-22-18)20(26)24-11-10-14-6-4-5-7-15(14)13-24/h8-9,12,14-15H,3-7,10-11,13H2,1-2H3. The first-order valence-corrected chi connectivity index (χ1v) is 9.95. The van der Waals surface area contributed by atoms with Crippen molar-refractivity contribution in [3.63, 3.8) is 0 Å². The highest BCUT2D eigenvalue weighted by Gasteiger charge is 2.34. The van der Waals surface area contributed by atoms with Crippen LogP contribution >= 0.6 is 0 Å². The van der Waals surface area contributed by atoms with Gasteiger partial charge in [-0.25, -0.2) is 4.68 Å². The number of fused-ring (bicyclic) bond motifs is 1. The fourth-order valence-corrected chi connectivity index (χ4v) is 4.58. The molecule has 1 saturated heterocycles. The molecule has 0 radical (unpaired) electrons. The molecular weight excluding hydrogens is 342 g/mol. The molecule has 1 amide bonds. The number of hydrogen-bond donors (Lipinski definition) is 0. The maximum Gasteiger partial charge on any atom is 0.257 e. The predicted octanol–water partition coefficient (Wildman–Crippen LogP) is 2.89. The molecule has 2 aromatic rings. The number of nitrogens with zero attached hydrogens (tertiary/aromatic N) is 5. The quantitative estimate of drug-likeness (QED) is 0.828. The second-order valence-corrected chi connectivity index (χ2v) is 7.55. The highest BCUT2D eigenvalue weighted by Crippen LogP contribution is 2.36. The van der Waals surface area contributed by atoms with E-state index in [2.05, 4.69) is 15.3 Å². The van der Waals surface area contributed by atoms with Gasteiger partial charge in [0.15, 0.2) is 5.82 Å². The summed E-state index contributed by atoms with van der Waals surface area (Å²) in [5.74, 6) is 2.63. The summed E-state index contributed by atoms with van der Waals surface area (Å²) in [4.78, 5) is 15.3. The third-order valence-electron chi connectivity index (χ3n) is 6.06. The van der Waals surface area contributed by atoms with Gasteiger partial charge in [0.1, 0.15) is 0 Å². The lowest BCUT2D eigenvalue weighted by atomic mass is 9.75. The largest absolute Gasteiger partial charge is 0.480 e. The smallest absolute Gasteiger partial charge is 0.257 e. The van der Waals surface area contributed by atoms with Crippen LogP contribution in [-0.4, -0.2) is 51.0 Å². The highest BCUT2D eigenvalue weighted by molar-refractivity contribution is 5.95. The fraction of sp³-hybridized carbons (Fsp3) is 0.600. The third-order valence-corrected chi connectivity index (χ3v) is 6.06. The Kier molecular flexibility index (Phi) is 5.09. The number of piperidine rings is 1. The van der Waals surface area contributed by atoms with Gasteiger partial charge in [0.05, 0.1) is 24.6 Å². The van der Waals surface area contributed by atoms with Crippen molar-refractivity contribution in [3.05, 3.63) is 29.6 Å². The van der Waals surface area contributed by atoms with E-state index in [0.717, 1.165) is 31.1 Å². The molecule has 2 aromatic heterocycles. The van der Waals surface area contributed by atoms with Crippen molar-refractivity contribution in [2.24, 2.45) is 11.8 Å². The molecule has 1 aliphatic heterocycles. The SMILES string of the molecule is CCc1c(C(=O)N2CCC3CCCCC3C2)cnn1-c1ccc(OC)nn1. The van der Waals surface area contributed by atoms with E-state index in [1.165, 1.54) is 25.7 Å². The number of carbonyl (C=O) groups excluding carboxylic acids is 1. The van der Waals surface area contributed by atoms with E-state index in [-0.39, 0.29) is 5.91 Å². The Balaban J connectivity index is 1.56.